The molecule has 0 aromatic heterocycles. The van der Waals surface area contributed by atoms with Crippen molar-refractivity contribution in [2.24, 2.45) is 0 Å². The summed E-state index contributed by atoms with van der Waals surface area (Å²) in [5.41, 5.74) is 0. The molecule has 0 N–H and O–H groups in total. The van der Waals surface area contributed by atoms with Crippen LogP contribution in [-0.2, 0) is 28.6 Å². The van der Waals surface area contributed by atoms with Gasteiger partial charge >= 0.3 is 58.5 Å². The molecule has 1 aromatic carbocycles. The van der Waals surface area contributed by atoms with Crippen molar-refractivity contribution < 1.29 is 31.7 Å². The third kappa shape index (κ3) is 15.0. The molecule has 1 aromatic rings. The van der Waals surface area contributed by atoms with Gasteiger partial charge < -0.3 is 7.04 Å². The van der Waals surface area contributed by atoms with Crippen LogP contribution in [-0.4, -0.2) is 61.2 Å². The van der Waals surface area contributed by atoms with Crippen molar-refractivity contribution in [2.75, 3.05) is 6.61 Å². The number of benzene rings is 1. The van der Waals surface area contributed by atoms with Crippen LogP contribution in [0.2, 0.25) is 0 Å². The second-order valence-electron chi connectivity index (χ2n) is 6.28. The zero-order chi connectivity index (χ0) is 20.0. The SMILES string of the molecule is CCCCCCCCCCCCOS(=O)(=O)OS(=O)(=O)Oc1ccccc1.[Ca+2].[H-].[H-]. The number of rotatable bonds is 16. The van der Waals surface area contributed by atoms with E-state index >= 15 is 0 Å². The maximum atomic E-state index is 11.6. The average molecular weight is 465 g/mol. The number of hydrogen-bond acceptors (Lipinski definition) is 7. The van der Waals surface area contributed by atoms with Crippen LogP contribution in [0.5, 0.6) is 5.75 Å². The van der Waals surface area contributed by atoms with Crippen molar-refractivity contribution in [2.45, 2.75) is 71.1 Å². The Bertz CT molecular complexity index is 717. The summed E-state index contributed by atoms with van der Waals surface area (Å²) in [5, 5.41) is 0. The minimum absolute atomic E-state index is 0. The van der Waals surface area contributed by atoms with Gasteiger partial charge in [-0.25, -0.2) is 4.18 Å². The van der Waals surface area contributed by atoms with Gasteiger partial charge in [-0.15, -0.1) is 0 Å². The Hall–Kier alpha value is 0.0997. The molecule has 0 atom stereocenters. The van der Waals surface area contributed by atoms with E-state index in [-0.39, 0.29) is 52.9 Å². The fourth-order valence-electron chi connectivity index (χ4n) is 2.48. The number of para-hydroxylation sites is 1. The van der Waals surface area contributed by atoms with Crippen LogP contribution in [0.3, 0.4) is 0 Å². The van der Waals surface area contributed by atoms with Gasteiger partial charge in [0.2, 0.25) is 0 Å². The van der Waals surface area contributed by atoms with Gasteiger partial charge in [0, 0.05) is 0 Å². The Balaban J connectivity index is -0.00000243. The van der Waals surface area contributed by atoms with E-state index < -0.39 is 20.8 Å². The molecule has 0 bridgehead atoms. The maximum absolute atomic E-state index is 11.6. The molecule has 28 heavy (non-hydrogen) atoms. The summed E-state index contributed by atoms with van der Waals surface area (Å²) < 4.78 is 59.5. The van der Waals surface area contributed by atoms with Gasteiger partial charge in [0.1, 0.15) is 5.75 Å². The summed E-state index contributed by atoms with van der Waals surface area (Å²) in [6, 6.07) is 7.46. The monoisotopic (exact) mass is 464 g/mol. The Morgan fingerprint density at radius 2 is 1.25 bits per heavy atom. The van der Waals surface area contributed by atoms with Gasteiger partial charge in [0.15, 0.2) is 0 Å². The van der Waals surface area contributed by atoms with Gasteiger partial charge in [-0.3, -0.25) is 0 Å². The average Bonchev–Trinajstić information content (AvgIpc) is 2.59. The molecule has 0 unspecified atom stereocenters. The Morgan fingerprint density at radius 1 is 0.750 bits per heavy atom. The first-order chi connectivity index (χ1) is 12.8. The molecule has 0 spiro atoms. The van der Waals surface area contributed by atoms with Crippen LogP contribution in [0.4, 0.5) is 0 Å². The summed E-state index contributed by atoms with van der Waals surface area (Å²) in [6.45, 7) is 2.07. The van der Waals surface area contributed by atoms with E-state index in [4.69, 9.17) is 0 Å². The van der Waals surface area contributed by atoms with E-state index in [0.717, 1.165) is 19.3 Å². The summed E-state index contributed by atoms with van der Waals surface area (Å²) in [4.78, 5) is 0. The zero-order valence-corrected chi connectivity index (χ0v) is 20.4. The largest absolute Gasteiger partial charge is 2.00 e. The van der Waals surface area contributed by atoms with E-state index in [2.05, 4.69) is 18.9 Å². The van der Waals surface area contributed by atoms with Crippen molar-refractivity contribution in [1.29, 1.82) is 0 Å². The molecule has 1 rings (SSSR count). The Labute approximate surface area is 202 Å². The molecular weight excluding hydrogens is 432 g/mol. The van der Waals surface area contributed by atoms with Crippen LogP contribution in [0, 0.1) is 0 Å². The second-order valence-corrected chi connectivity index (χ2v) is 8.86. The van der Waals surface area contributed by atoms with Crippen LogP contribution < -0.4 is 4.18 Å². The van der Waals surface area contributed by atoms with Gasteiger partial charge in [-0.1, -0.05) is 86.5 Å². The van der Waals surface area contributed by atoms with E-state index in [9.17, 15) is 16.8 Å². The fraction of sp³-hybridized carbons (Fsp3) is 0.667. The summed E-state index contributed by atoms with van der Waals surface area (Å²) in [5.74, 6) is -0.0533. The third-order valence-corrected chi connectivity index (χ3v) is 6.02. The van der Waals surface area contributed by atoms with Crippen LogP contribution in [0.15, 0.2) is 30.3 Å². The van der Waals surface area contributed by atoms with E-state index in [0.29, 0.717) is 6.42 Å². The summed E-state index contributed by atoms with van der Waals surface area (Å²) >= 11 is 0. The normalized spacial score (nSPS) is 11.8. The van der Waals surface area contributed by atoms with Crippen LogP contribution in [0.1, 0.15) is 74.0 Å². The van der Waals surface area contributed by atoms with Crippen molar-refractivity contribution in [1.82, 2.24) is 0 Å². The Morgan fingerprint density at radius 3 is 1.79 bits per heavy atom. The standard InChI is InChI=1S/C18H30O7S2.Ca.2H/c1-2-3-4-5-6-7-8-9-10-14-17-23-26(19,20)25-27(21,22)24-18-15-12-11-13-16-18;;;/h11-13,15-16H,2-10,14,17H2,1H3;;;/q;+2;2*-1. The van der Waals surface area contributed by atoms with Crippen molar-refractivity contribution in [3.05, 3.63) is 30.3 Å². The van der Waals surface area contributed by atoms with E-state index in [1.165, 1.54) is 50.7 Å². The quantitative estimate of drug-likeness (QED) is 0.265. The Kier molecular flexibility index (Phi) is 15.9. The van der Waals surface area contributed by atoms with Gasteiger partial charge in [0.05, 0.1) is 6.61 Å². The summed E-state index contributed by atoms with van der Waals surface area (Å²) in [6.07, 6.45) is 10.9. The molecule has 0 fully saturated rings. The molecule has 0 saturated carbocycles. The topological polar surface area (TPSA) is 96.0 Å². The zero-order valence-electron chi connectivity index (χ0n) is 18.5. The molecule has 0 saturated heterocycles. The number of unbranched alkanes of at least 4 members (excludes halogenated alkanes) is 9. The molecular formula is C18H32CaO7S2. The fourth-order valence-corrected chi connectivity index (χ4v) is 4.23. The molecule has 160 valence electrons. The maximum Gasteiger partial charge on any atom is 2.00 e. The molecule has 0 amide bonds. The molecule has 10 heteroatoms. The second kappa shape index (κ2) is 15.9. The molecule has 0 radical (unpaired) electrons. The van der Waals surface area contributed by atoms with Gasteiger partial charge in [0.25, 0.3) is 0 Å². The van der Waals surface area contributed by atoms with Crippen LogP contribution in [0.25, 0.3) is 0 Å². The van der Waals surface area contributed by atoms with E-state index in [1.807, 2.05) is 0 Å². The predicted octanol–water partition coefficient (Wildman–Crippen LogP) is 4.35. The van der Waals surface area contributed by atoms with Crippen LogP contribution >= 0.6 is 0 Å². The van der Waals surface area contributed by atoms with Gasteiger partial charge in [-0.05, 0) is 18.6 Å². The first kappa shape index (κ1) is 28.1. The minimum Gasteiger partial charge on any atom is -1.00 e. The first-order valence-electron chi connectivity index (χ1n) is 9.44. The molecule has 0 aliphatic heterocycles. The van der Waals surface area contributed by atoms with Crippen molar-refractivity contribution in [3.8, 4) is 5.75 Å². The van der Waals surface area contributed by atoms with E-state index in [1.54, 1.807) is 18.2 Å². The molecule has 0 aliphatic rings. The van der Waals surface area contributed by atoms with Crippen molar-refractivity contribution >= 4 is 58.5 Å². The smallest absolute Gasteiger partial charge is 1.00 e. The molecule has 7 nitrogen and oxygen atoms in total. The third-order valence-electron chi connectivity index (χ3n) is 3.83. The minimum atomic E-state index is -4.77. The summed E-state index contributed by atoms with van der Waals surface area (Å²) in [7, 11) is -9.45. The number of hydrogen-bond donors (Lipinski definition) is 0. The molecule has 0 aliphatic carbocycles. The van der Waals surface area contributed by atoms with Gasteiger partial charge in [-0.2, -0.15) is 16.8 Å². The first-order valence-corrected chi connectivity index (χ1v) is 12.1. The van der Waals surface area contributed by atoms with Crippen molar-refractivity contribution in [3.63, 3.8) is 0 Å². The molecule has 0 heterocycles. The predicted molar refractivity (Wildman–Crippen MR) is 112 cm³/mol.